The molecule has 0 bridgehead atoms. The van der Waals surface area contributed by atoms with Crippen LogP contribution in [0.5, 0.6) is 0 Å². The van der Waals surface area contributed by atoms with Crippen molar-refractivity contribution in [1.82, 2.24) is 0 Å². The van der Waals surface area contributed by atoms with Gasteiger partial charge in [-0.05, 0) is 5.75 Å². The predicted octanol–water partition coefficient (Wildman–Crippen LogP) is -3.51. The Bertz CT molecular complexity index is 67.1. The summed E-state index contributed by atoms with van der Waals surface area (Å²) < 4.78 is 0. The predicted molar refractivity (Wildman–Crippen MR) is 28.0 cm³/mol. The molecule has 0 atom stereocenters. The molecule has 0 saturated carbocycles. The monoisotopic (exact) mass is 142 g/mol. The van der Waals surface area contributed by atoms with Gasteiger partial charge in [-0.25, -0.2) is 0 Å². The van der Waals surface area contributed by atoms with Crippen molar-refractivity contribution in [2.24, 2.45) is 0 Å². The minimum atomic E-state index is -0.980. The normalized spacial score (nSPS) is 7.62. The molecule has 2 nitrogen and oxygen atoms in total. The molecule has 0 rings (SSSR count). The zero-order chi connectivity index (χ0) is 5.70. The molecule has 0 aromatic heterocycles. The van der Waals surface area contributed by atoms with Gasteiger partial charge >= 0.3 is 29.6 Å². The Morgan fingerprint density at radius 1 is 1.75 bits per heavy atom. The summed E-state index contributed by atoms with van der Waals surface area (Å²) in [6.45, 7) is 1.91. The van der Waals surface area contributed by atoms with Crippen LogP contribution in [0.2, 0.25) is 0 Å². The van der Waals surface area contributed by atoms with Crippen molar-refractivity contribution in [2.45, 2.75) is 6.92 Å². The molecule has 0 heterocycles. The molecule has 0 aliphatic heterocycles. The number of carboxylic acids is 1. The fraction of sp³-hybridized carbons (Fsp3) is 0.750. The standard InChI is InChI=1S/C4H8O2S.Na/c1-2-7-3-4(5)6;/h2-3H2,1H3,(H,5,6);/q;+1/p-1. The van der Waals surface area contributed by atoms with Gasteiger partial charge in [-0.1, -0.05) is 6.92 Å². The van der Waals surface area contributed by atoms with Gasteiger partial charge in [-0.2, -0.15) is 11.8 Å². The first-order valence-corrected chi connectivity index (χ1v) is 3.20. The second kappa shape index (κ2) is 7.82. The van der Waals surface area contributed by atoms with Crippen LogP contribution in [-0.2, 0) is 4.79 Å². The van der Waals surface area contributed by atoms with E-state index in [2.05, 4.69) is 0 Å². The molecule has 0 spiro atoms. The van der Waals surface area contributed by atoms with E-state index >= 15 is 0 Å². The van der Waals surface area contributed by atoms with Gasteiger partial charge in [0.15, 0.2) is 0 Å². The number of hydrogen-bond acceptors (Lipinski definition) is 3. The van der Waals surface area contributed by atoms with Crippen LogP contribution in [0.1, 0.15) is 6.92 Å². The Kier molecular flexibility index (Phi) is 11.3. The van der Waals surface area contributed by atoms with Crippen LogP contribution in [-0.4, -0.2) is 17.5 Å². The summed E-state index contributed by atoms with van der Waals surface area (Å²) in [6.07, 6.45) is 0. The van der Waals surface area contributed by atoms with Crippen LogP contribution in [0, 0.1) is 0 Å². The number of rotatable bonds is 3. The quantitative estimate of drug-likeness (QED) is 0.384. The van der Waals surface area contributed by atoms with Crippen LogP contribution in [0.15, 0.2) is 0 Å². The first-order chi connectivity index (χ1) is 3.27. The van der Waals surface area contributed by atoms with Gasteiger partial charge in [-0.3, -0.25) is 0 Å². The molecule has 8 heavy (non-hydrogen) atoms. The molecule has 0 aromatic rings. The van der Waals surface area contributed by atoms with Crippen LogP contribution < -0.4 is 34.7 Å². The number of thioether (sulfide) groups is 1. The summed E-state index contributed by atoms with van der Waals surface area (Å²) in [5.41, 5.74) is 0. The summed E-state index contributed by atoms with van der Waals surface area (Å²) in [5.74, 6) is -0.0170. The molecule has 0 saturated heterocycles. The molecule has 42 valence electrons. The molecule has 0 fully saturated rings. The van der Waals surface area contributed by atoms with Gasteiger partial charge in [0.1, 0.15) is 0 Å². The third kappa shape index (κ3) is 9.94. The Labute approximate surface area is 75.3 Å². The molecule has 0 aromatic carbocycles. The van der Waals surface area contributed by atoms with Gasteiger partial charge in [0.2, 0.25) is 0 Å². The Hall–Kier alpha value is 0.820. The maximum absolute atomic E-state index is 9.63. The van der Waals surface area contributed by atoms with Crippen molar-refractivity contribution in [2.75, 3.05) is 11.5 Å². The van der Waals surface area contributed by atoms with Gasteiger partial charge < -0.3 is 9.90 Å². The zero-order valence-corrected chi connectivity index (χ0v) is 7.96. The maximum atomic E-state index is 9.63. The molecule has 4 heteroatoms. The SMILES string of the molecule is CCSCC(=O)[O-].[Na+]. The molecular formula is C4H7NaO2S. The van der Waals surface area contributed by atoms with Gasteiger partial charge in [0.25, 0.3) is 0 Å². The molecular weight excluding hydrogens is 135 g/mol. The second-order valence-corrected chi connectivity index (χ2v) is 2.28. The van der Waals surface area contributed by atoms with E-state index in [1.165, 1.54) is 11.8 Å². The molecule has 0 unspecified atom stereocenters. The zero-order valence-electron chi connectivity index (χ0n) is 5.14. The van der Waals surface area contributed by atoms with Crippen molar-refractivity contribution in [3.63, 3.8) is 0 Å². The van der Waals surface area contributed by atoms with Crippen LogP contribution in [0.4, 0.5) is 0 Å². The number of hydrogen-bond donors (Lipinski definition) is 0. The van der Waals surface area contributed by atoms with E-state index in [9.17, 15) is 9.90 Å². The fourth-order valence-electron chi connectivity index (χ4n) is 0.185. The van der Waals surface area contributed by atoms with Crippen molar-refractivity contribution in [3.05, 3.63) is 0 Å². The van der Waals surface area contributed by atoms with E-state index in [1.807, 2.05) is 6.92 Å². The maximum Gasteiger partial charge on any atom is 1.00 e. The second-order valence-electron chi connectivity index (χ2n) is 1.01. The van der Waals surface area contributed by atoms with E-state index < -0.39 is 5.97 Å². The van der Waals surface area contributed by atoms with Crippen molar-refractivity contribution >= 4 is 17.7 Å². The minimum absolute atomic E-state index is 0. The summed E-state index contributed by atoms with van der Waals surface area (Å²) in [5, 5.41) is 9.63. The fourth-order valence-corrected chi connectivity index (χ4v) is 0.556. The number of carbonyl (C=O) groups is 1. The van der Waals surface area contributed by atoms with E-state index in [1.54, 1.807) is 0 Å². The number of carboxylic acid groups (broad SMARTS) is 1. The summed E-state index contributed by atoms with van der Waals surface area (Å²) in [7, 11) is 0. The van der Waals surface area contributed by atoms with Crippen LogP contribution in [0.3, 0.4) is 0 Å². The average Bonchev–Trinajstić information content (AvgIpc) is 1.61. The molecule has 0 N–H and O–H groups in total. The smallest absolute Gasteiger partial charge is 0.549 e. The third-order valence-corrected chi connectivity index (χ3v) is 1.27. The Morgan fingerprint density at radius 3 is 2.38 bits per heavy atom. The number of carbonyl (C=O) groups excluding carboxylic acids is 1. The summed E-state index contributed by atoms with van der Waals surface area (Å²) in [6, 6.07) is 0. The third-order valence-electron chi connectivity index (χ3n) is 0.424. The largest absolute Gasteiger partial charge is 1.00 e. The van der Waals surface area contributed by atoms with Gasteiger partial charge in [0, 0.05) is 5.75 Å². The van der Waals surface area contributed by atoms with Crippen molar-refractivity contribution < 1.29 is 39.5 Å². The molecule has 0 aliphatic rings. The first-order valence-electron chi connectivity index (χ1n) is 2.05. The molecule has 0 aliphatic carbocycles. The molecule has 0 radical (unpaired) electrons. The van der Waals surface area contributed by atoms with E-state index in [0.717, 1.165) is 5.75 Å². The first kappa shape index (κ1) is 11.6. The van der Waals surface area contributed by atoms with Crippen LogP contribution in [0.25, 0.3) is 0 Å². The van der Waals surface area contributed by atoms with E-state index in [0.29, 0.717) is 0 Å². The Morgan fingerprint density at radius 2 is 2.25 bits per heavy atom. The average molecular weight is 142 g/mol. The van der Waals surface area contributed by atoms with E-state index in [4.69, 9.17) is 0 Å². The van der Waals surface area contributed by atoms with Crippen LogP contribution >= 0.6 is 11.8 Å². The molecule has 0 amide bonds. The van der Waals surface area contributed by atoms with E-state index in [-0.39, 0.29) is 35.3 Å². The number of aliphatic carboxylic acids is 1. The van der Waals surface area contributed by atoms with Crippen molar-refractivity contribution in [1.29, 1.82) is 0 Å². The Balaban J connectivity index is 0. The van der Waals surface area contributed by atoms with Crippen molar-refractivity contribution in [3.8, 4) is 0 Å². The summed E-state index contributed by atoms with van der Waals surface area (Å²) >= 11 is 1.35. The topological polar surface area (TPSA) is 40.1 Å². The van der Waals surface area contributed by atoms with Gasteiger partial charge in [-0.15, -0.1) is 0 Å². The van der Waals surface area contributed by atoms with Gasteiger partial charge in [0.05, 0.1) is 5.97 Å². The summed E-state index contributed by atoms with van der Waals surface area (Å²) in [4.78, 5) is 9.63. The minimum Gasteiger partial charge on any atom is -0.549 e.